The summed E-state index contributed by atoms with van der Waals surface area (Å²) in [6, 6.07) is 8.29. The number of rotatable bonds is 10. The van der Waals surface area contributed by atoms with E-state index < -0.39 is 5.60 Å². The number of methoxy groups -OCH3 is 2. The van der Waals surface area contributed by atoms with Gasteiger partial charge in [0, 0.05) is 24.4 Å². The number of hydrogen-bond donors (Lipinski definition) is 1. The topological polar surface area (TPSA) is 139 Å². The summed E-state index contributed by atoms with van der Waals surface area (Å²) < 4.78 is 29.7. The lowest BCUT2D eigenvalue weighted by Crippen LogP contribution is -2.42. The Balaban J connectivity index is 1.19. The van der Waals surface area contributed by atoms with Crippen molar-refractivity contribution >= 4 is 40.2 Å². The minimum Gasteiger partial charge on any atom is -0.493 e. The Morgan fingerprint density at radius 2 is 1.84 bits per heavy atom. The monoisotopic (exact) mass is 638 g/mol. The largest absolute Gasteiger partial charge is 0.493 e. The number of nitrogens with one attached hydrogen (secondary N) is 1. The van der Waals surface area contributed by atoms with Gasteiger partial charge in [-0.1, -0.05) is 11.6 Å². The van der Waals surface area contributed by atoms with E-state index >= 15 is 0 Å². The van der Waals surface area contributed by atoms with Gasteiger partial charge in [-0.05, 0) is 51.8 Å². The van der Waals surface area contributed by atoms with E-state index in [4.69, 9.17) is 35.3 Å². The minimum atomic E-state index is -0.582. The molecule has 0 saturated carbocycles. The maximum absolute atomic E-state index is 12.9. The van der Waals surface area contributed by atoms with E-state index in [-0.39, 0.29) is 31.2 Å². The van der Waals surface area contributed by atoms with Crippen molar-refractivity contribution in [3.8, 4) is 28.9 Å². The van der Waals surface area contributed by atoms with Crippen LogP contribution in [-0.4, -0.2) is 75.7 Å². The van der Waals surface area contributed by atoms with Crippen LogP contribution in [0.1, 0.15) is 33.6 Å². The second-order valence-electron chi connectivity index (χ2n) is 11.4. The van der Waals surface area contributed by atoms with Crippen molar-refractivity contribution in [1.29, 1.82) is 0 Å². The van der Waals surface area contributed by atoms with Crippen LogP contribution in [-0.2, 0) is 16.1 Å². The molecule has 0 bridgehead atoms. The summed E-state index contributed by atoms with van der Waals surface area (Å²) >= 11 is 6.38. The fourth-order valence-electron chi connectivity index (χ4n) is 4.83. The molecule has 1 aliphatic rings. The Bertz CT molecular complexity index is 1690. The van der Waals surface area contributed by atoms with E-state index in [9.17, 15) is 9.59 Å². The third kappa shape index (κ3) is 7.85. The first-order valence-corrected chi connectivity index (χ1v) is 14.7. The van der Waals surface area contributed by atoms with Gasteiger partial charge in [-0.25, -0.2) is 14.8 Å². The Kier molecular flexibility index (Phi) is 9.47. The Hall–Kier alpha value is -4.78. The van der Waals surface area contributed by atoms with Crippen molar-refractivity contribution in [2.75, 3.05) is 32.7 Å². The first kappa shape index (κ1) is 31.6. The van der Waals surface area contributed by atoms with Gasteiger partial charge in [0.05, 0.1) is 48.6 Å². The van der Waals surface area contributed by atoms with Crippen LogP contribution in [0.15, 0.2) is 49.1 Å². The van der Waals surface area contributed by atoms with Gasteiger partial charge in [0.25, 0.3) is 0 Å². The lowest BCUT2D eigenvalue weighted by molar-refractivity contribution is -0.116. The third-order valence-corrected chi connectivity index (χ3v) is 7.20. The number of fused-ring (bicyclic) bond motifs is 1. The number of likely N-dealkylation sites (tertiary alicyclic amines) is 1. The van der Waals surface area contributed by atoms with Gasteiger partial charge in [-0.3, -0.25) is 9.48 Å². The van der Waals surface area contributed by atoms with E-state index in [1.165, 1.54) is 17.2 Å². The third-order valence-electron chi connectivity index (χ3n) is 6.89. The number of aromatic nitrogens is 4. The van der Waals surface area contributed by atoms with Crippen LogP contribution >= 0.6 is 11.6 Å². The molecule has 2 aromatic heterocycles. The number of amides is 2. The zero-order chi connectivity index (χ0) is 32.1. The normalized spacial score (nSPS) is 14.7. The molecule has 1 aliphatic heterocycles. The molecule has 2 aromatic carbocycles. The maximum Gasteiger partial charge on any atom is 0.410 e. The summed E-state index contributed by atoms with van der Waals surface area (Å²) in [7, 11) is 3.09. The zero-order valence-corrected chi connectivity index (χ0v) is 26.5. The molecule has 4 aromatic rings. The van der Waals surface area contributed by atoms with Crippen LogP contribution < -0.4 is 24.3 Å². The highest BCUT2D eigenvalue weighted by molar-refractivity contribution is 6.32. The van der Waals surface area contributed by atoms with Crippen LogP contribution in [0.3, 0.4) is 0 Å². The molecule has 238 valence electrons. The summed E-state index contributed by atoms with van der Waals surface area (Å²) in [5.41, 5.74) is 0.524. The van der Waals surface area contributed by atoms with Crippen LogP contribution in [0, 0.1) is 0 Å². The van der Waals surface area contributed by atoms with Crippen molar-refractivity contribution < 1.29 is 33.3 Å². The van der Waals surface area contributed by atoms with E-state index in [0.717, 1.165) is 12.8 Å². The lowest BCUT2D eigenvalue weighted by Gasteiger charge is -2.28. The molecule has 14 heteroatoms. The van der Waals surface area contributed by atoms with Gasteiger partial charge in [-0.2, -0.15) is 5.10 Å². The standard InChI is InChI=1S/C31H35ClN6O7/c1-31(2,3)45-30(40)38-10-6-7-20(38)17-43-25-11-19(8-9-23(25)32)36-28(39)16-37-15-21(14-35-37)44-29-22-12-26(41-4)27(42-5)13-24(22)33-18-34-29/h8-9,11-15,18,20H,6-7,10,16-17H2,1-5H3,(H,36,39)/t20-/m0/s1. The highest BCUT2D eigenvalue weighted by atomic mass is 35.5. The quantitative estimate of drug-likeness (QED) is 0.230. The first-order chi connectivity index (χ1) is 21.5. The fourth-order valence-corrected chi connectivity index (χ4v) is 5.00. The molecule has 0 spiro atoms. The van der Waals surface area contributed by atoms with Crippen LogP contribution in [0.5, 0.6) is 28.9 Å². The summed E-state index contributed by atoms with van der Waals surface area (Å²) in [4.78, 5) is 35.7. The highest BCUT2D eigenvalue weighted by Crippen LogP contribution is 2.36. The molecule has 0 radical (unpaired) electrons. The molecule has 0 aliphatic carbocycles. The predicted octanol–water partition coefficient (Wildman–Crippen LogP) is 5.71. The average Bonchev–Trinajstić information content (AvgIpc) is 3.65. The molecular formula is C31H35ClN6O7. The SMILES string of the molecule is COc1cc2ncnc(Oc3cnn(CC(=O)Nc4ccc(Cl)c(OC[C@@H]5CCCN5C(=O)OC(C)(C)C)c4)c3)c2cc1OC. The van der Waals surface area contributed by atoms with E-state index in [1.54, 1.807) is 55.6 Å². The smallest absolute Gasteiger partial charge is 0.410 e. The number of hydrogen-bond acceptors (Lipinski definition) is 10. The van der Waals surface area contributed by atoms with Crippen LogP contribution in [0.2, 0.25) is 5.02 Å². The van der Waals surface area contributed by atoms with E-state index in [0.29, 0.717) is 57.0 Å². The van der Waals surface area contributed by atoms with Crippen molar-refractivity contribution in [2.24, 2.45) is 0 Å². The number of halogens is 1. The van der Waals surface area contributed by atoms with Gasteiger partial charge in [0.2, 0.25) is 11.8 Å². The van der Waals surface area contributed by atoms with Crippen molar-refractivity contribution in [3.05, 3.63) is 54.1 Å². The second kappa shape index (κ2) is 13.5. The van der Waals surface area contributed by atoms with Gasteiger partial charge >= 0.3 is 6.09 Å². The van der Waals surface area contributed by atoms with Crippen molar-refractivity contribution in [1.82, 2.24) is 24.6 Å². The van der Waals surface area contributed by atoms with Gasteiger partial charge in [0.15, 0.2) is 17.2 Å². The highest BCUT2D eigenvalue weighted by Gasteiger charge is 2.32. The Morgan fingerprint density at radius 1 is 1.07 bits per heavy atom. The molecule has 1 N–H and O–H groups in total. The van der Waals surface area contributed by atoms with Gasteiger partial charge in [0.1, 0.15) is 30.8 Å². The molecule has 0 unspecified atom stereocenters. The molecule has 13 nitrogen and oxygen atoms in total. The molecule has 1 atom stereocenters. The second-order valence-corrected chi connectivity index (χ2v) is 11.8. The number of carbonyl (C=O) groups excluding carboxylic acids is 2. The average molecular weight is 639 g/mol. The first-order valence-electron chi connectivity index (χ1n) is 14.3. The summed E-state index contributed by atoms with van der Waals surface area (Å²) in [5.74, 6) is 1.79. The van der Waals surface area contributed by atoms with Crippen molar-refractivity contribution in [3.63, 3.8) is 0 Å². The summed E-state index contributed by atoms with van der Waals surface area (Å²) in [6.45, 7) is 6.28. The fraction of sp³-hybridized carbons (Fsp3) is 0.387. The molecule has 5 rings (SSSR count). The molecule has 2 amide bonds. The Morgan fingerprint density at radius 3 is 2.60 bits per heavy atom. The van der Waals surface area contributed by atoms with Crippen LogP contribution in [0.25, 0.3) is 10.9 Å². The number of carbonyl (C=O) groups is 2. The zero-order valence-electron chi connectivity index (χ0n) is 25.7. The number of ether oxygens (including phenoxy) is 5. The number of nitrogens with zero attached hydrogens (tertiary/aromatic N) is 5. The van der Waals surface area contributed by atoms with Crippen LogP contribution in [0.4, 0.5) is 10.5 Å². The molecule has 1 fully saturated rings. The number of anilines is 1. The maximum atomic E-state index is 12.9. The molecule has 45 heavy (non-hydrogen) atoms. The molecular weight excluding hydrogens is 604 g/mol. The molecule has 3 heterocycles. The Labute approximate surface area is 265 Å². The lowest BCUT2D eigenvalue weighted by atomic mass is 10.2. The van der Waals surface area contributed by atoms with E-state index in [1.807, 2.05) is 20.8 Å². The predicted molar refractivity (Wildman–Crippen MR) is 166 cm³/mol. The number of benzene rings is 2. The van der Waals surface area contributed by atoms with Crippen molar-refractivity contribution in [2.45, 2.75) is 51.8 Å². The van der Waals surface area contributed by atoms with Gasteiger partial charge < -0.3 is 33.9 Å². The van der Waals surface area contributed by atoms with Gasteiger partial charge in [-0.15, -0.1) is 0 Å². The minimum absolute atomic E-state index is 0.0787. The summed E-state index contributed by atoms with van der Waals surface area (Å²) in [6.07, 6.45) is 5.74. The molecule has 1 saturated heterocycles. The van der Waals surface area contributed by atoms with E-state index in [2.05, 4.69) is 20.4 Å². The summed E-state index contributed by atoms with van der Waals surface area (Å²) in [5, 5.41) is 8.08.